The van der Waals surface area contributed by atoms with Gasteiger partial charge in [0.05, 0.1) is 12.0 Å². The lowest BCUT2D eigenvalue weighted by molar-refractivity contribution is -0.126. The quantitative estimate of drug-likeness (QED) is 0.895. The largest absolute Gasteiger partial charge is 0.349 e. The maximum absolute atomic E-state index is 12.5. The number of nitrogens with one attached hydrogen (secondary N) is 2. The number of amides is 1. The summed E-state index contributed by atoms with van der Waals surface area (Å²) in [6.45, 7) is 2.10. The smallest absolute Gasteiger partial charge is 0.225 e. The zero-order valence-corrected chi connectivity index (χ0v) is 12.5. The molecule has 2 N–H and O–H groups in total. The Morgan fingerprint density at radius 3 is 2.70 bits per heavy atom. The molecule has 0 radical (unpaired) electrons. The molecule has 0 spiro atoms. The number of hydrogen-bond donors (Lipinski definition) is 2. The van der Waals surface area contributed by atoms with Gasteiger partial charge in [0.1, 0.15) is 0 Å². The average molecular weight is 293 g/mol. The Morgan fingerprint density at radius 1 is 1.40 bits per heavy atom. The standard InChI is InChI=1S/C16H21ClN2O/c1-2-14(10-3-5-11(17)6-4-10)19-16(20)13-9-12-7-8-15(13)18-12/h3-6,12-15,18H,2,7-9H2,1H3,(H,19,20). The Labute approximate surface area is 125 Å². The first-order valence-electron chi connectivity index (χ1n) is 7.49. The van der Waals surface area contributed by atoms with Crippen molar-refractivity contribution in [2.45, 2.75) is 50.7 Å². The van der Waals surface area contributed by atoms with E-state index in [1.165, 1.54) is 6.42 Å². The Morgan fingerprint density at radius 2 is 2.15 bits per heavy atom. The lowest BCUT2D eigenvalue weighted by atomic mass is 9.88. The predicted octanol–water partition coefficient (Wildman–Crippen LogP) is 3.05. The molecule has 4 unspecified atom stereocenters. The summed E-state index contributed by atoms with van der Waals surface area (Å²) < 4.78 is 0. The molecule has 2 aliphatic rings. The monoisotopic (exact) mass is 292 g/mol. The molecule has 4 atom stereocenters. The molecule has 2 saturated heterocycles. The third-order valence-electron chi connectivity index (χ3n) is 4.63. The van der Waals surface area contributed by atoms with Crippen molar-refractivity contribution in [3.8, 4) is 0 Å². The van der Waals surface area contributed by atoms with Crippen LogP contribution in [-0.4, -0.2) is 18.0 Å². The maximum Gasteiger partial charge on any atom is 0.225 e. The molecule has 2 fully saturated rings. The summed E-state index contributed by atoms with van der Waals surface area (Å²) in [6.07, 6.45) is 4.25. The zero-order valence-electron chi connectivity index (χ0n) is 11.7. The van der Waals surface area contributed by atoms with E-state index in [0.29, 0.717) is 12.1 Å². The fourth-order valence-corrected chi connectivity index (χ4v) is 3.63. The van der Waals surface area contributed by atoms with E-state index in [4.69, 9.17) is 11.6 Å². The van der Waals surface area contributed by atoms with Crippen molar-refractivity contribution in [2.75, 3.05) is 0 Å². The van der Waals surface area contributed by atoms with E-state index in [2.05, 4.69) is 17.6 Å². The Kier molecular flexibility index (Phi) is 3.99. The lowest BCUT2D eigenvalue weighted by Crippen LogP contribution is -2.39. The van der Waals surface area contributed by atoms with Crippen LogP contribution in [0.25, 0.3) is 0 Å². The molecule has 20 heavy (non-hydrogen) atoms. The van der Waals surface area contributed by atoms with Crippen LogP contribution in [0.3, 0.4) is 0 Å². The first-order valence-corrected chi connectivity index (χ1v) is 7.87. The molecule has 4 heteroatoms. The number of carbonyl (C=O) groups excluding carboxylic acids is 1. The van der Waals surface area contributed by atoms with Gasteiger partial charge in [-0.2, -0.15) is 0 Å². The molecule has 2 aliphatic heterocycles. The molecule has 0 aliphatic carbocycles. The third-order valence-corrected chi connectivity index (χ3v) is 4.89. The topological polar surface area (TPSA) is 41.1 Å². The average Bonchev–Trinajstić information content (AvgIpc) is 3.08. The number of benzene rings is 1. The summed E-state index contributed by atoms with van der Waals surface area (Å²) in [7, 11) is 0. The van der Waals surface area contributed by atoms with Gasteiger partial charge in [-0.3, -0.25) is 4.79 Å². The molecular formula is C16H21ClN2O. The fourth-order valence-electron chi connectivity index (χ4n) is 3.51. The summed E-state index contributed by atoms with van der Waals surface area (Å²) in [5.74, 6) is 0.349. The minimum atomic E-state index is 0.0823. The first-order chi connectivity index (χ1) is 9.67. The summed E-state index contributed by atoms with van der Waals surface area (Å²) >= 11 is 5.92. The van der Waals surface area contributed by atoms with Gasteiger partial charge < -0.3 is 10.6 Å². The Balaban J connectivity index is 1.65. The van der Waals surface area contributed by atoms with E-state index in [0.717, 1.165) is 29.8 Å². The molecule has 2 heterocycles. The van der Waals surface area contributed by atoms with Gasteiger partial charge in [0.25, 0.3) is 0 Å². The van der Waals surface area contributed by atoms with Crippen LogP contribution >= 0.6 is 11.6 Å². The summed E-state index contributed by atoms with van der Waals surface area (Å²) in [6, 6.07) is 8.79. The molecule has 108 valence electrons. The Bertz CT molecular complexity index is 488. The van der Waals surface area contributed by atoms with E-state index in [1.54, 1.807) is 0 Å². The molecule has 1 amide bonds. The lowest BCUT2D eigenvalue weighted by Gasteiger charge is -2.24. The minimum absolute atomic E-state index is 0.0823. The molecule has 0 aromatic heterocycles. The van der Waals surface area contributed by atoms with Gasteiger partial charge >= 0.3 is 0 Å². The summed E-state index contributed by atoms with van der Waals surface area (Å²) in [5, 5.41) is 7.46. The molecule has 0 saturated carbocycles. The molecular weight excluding hydrogens is 272 g/mol. The normalized spacial score (nSPS) is 29.4. The van der Waals surface area contributed by atoms with Gasteiger partial charge in [-0.25, -0.2) is 0 Å². The van der Waals surface area contributed by atoms with Gasteiger partial charge in [0.15, 0.2) is 0 Å². The SMILES string of the molecule is CCC(NC(=O)C1CC2CCC1N2)c1ccc(Cl)cc1. The highest BCUT2D eigenvalue weighted by atomic mass is 35.5. The van der Waals surface area contributed by atoms with Crippen LogP contribution in [0.2, 0.25) is 5.02 Å². The zero-order chi connectivity index (χ0) is 14.1. The van der Waals surface area contributed by atoms with Crippen molar-refractivity contribution < 1.29 is 4.79 Å². The maximum atomic E-state index is 12.5. The number of rotatable bonds is 4. The highest BCUT2D eigenvalue weighted by Crippen LogP contribution is 2.34. The highest BCUT2D eigenvalue weighted by molar-refractivity contribution is 6.30. The van der Waals surface area contributed by atoms with Gasteiger partial charge in [0, 0.05) is 17.1 Å². The van der Waals surface area contributed by atoms with Crippen LogP contribution in [0.15, 0.2) is 24.3 Å². The van der Waals surface area contributed by atoms with Crippen LogP contribution in [0.1, 0.15) is 44.2 Å². The summed E-state index contributed by atoms with van der Waals surface area (Å²) in [5.41, 5.74) is 1.13. The van der Waals surface area contributed by atoms with Crippen molar-refractivity contribution in [1.29, 1.82) is 0 Å². The van der Waals surface area contributed by atoms with E-state index in [9.17, 15) is 4.79 Å². The van der Waals surface area contributed by atoms with Crippen molar-refractivity contribution in [3.63, 3.8) is 0 Å². The van der Waals surface area contributed by atoms with Crippen molar-refractivity contribution in [2.24, 2.45) is 5.92 Å². The van der Waals surface area contributed by atoms with Crippen LogP contribution in [0.5, 0.6) is 0 Å². The number of fused-ring (bicyclic) bond motifs is 2. The van der Waals surface area contributed by atoms with Crippen LogP contribution in [0.4, 0.5) is 0 Å². The van der Waals surface area contributed by atoms with E-state index >= 15 is 0 Å². The number of carbonyl (C=O) groups is 1. The predicted molar refractivity (Wildman–Crippen MR) is 80.7 cm³/mol. The second-order valence-corrected chi connectivity index (χ2v) is 6.35. The molecule has 1 aromatic carbocycles. The molecule has 3 rings (SSSR count). The highest BCUT2D eigenvalue weighted by Gasteiger charge is 2.42. The van der Waals surface area contributed by atoms with Crippen LogP contribution < -0.4 is 10.6 Å². The fraction of sp³-hybridized carbons (Fsp3) is 0.562. The minimum Gasteiger partial charge on any atom is -0.349 e. The van der Waals surface area contributed by atoms with E-state index in [-0.39, 0.29) is 17.9 Å². The van der Waals surface area contributed by atoms with Gasteiger partial charge in [-0.15, -0.1) is 0 Å². The van der Waals surface area contributed by atoms with Crippen molar-refractivity contribution >= 4 is 17.5 Å². The molecule has 1 aromatic rings. The number of halogens is 1. The molecule has 3 nitrogen and oxygen atoms in total. The van der Waals surface area contributed by atoms with Crippen molar-refractivity contribution in [3.05, 3.63) is 34.9 Å². The second-order valence-electron chi connectivity index (χ2n) is 5.91. The van der Waals surface area contributed by atoms with Crippen molar-refractivity contribution in [1.82, 2.24) is 10.6 Å². The number of hydrogen-bond acceptors (Lipinski definition) is 2. The third kappa shape index (κ3) is 2.70. The van der Waals surface area contributed by atoms with E-state index < -0.39 is 0 Å². The summed E-state index contributed by atoms with van der Waals surface area (Å²) in [4.78, 5) is 12.5. The van der Waals surface area contributed by atoms with Gasteiger partial charge in [0.2, 0.25) is 5.91 Å². The van der Waals surface area contributed by atoms with E-state index in [1.807, 2.05) is 24.3 Å². The first kappa shape index (κ1) is 13.9. The van der Waals surface area contributed by atoms with Gasteiger partial charge in [-0.05, 0) is 43.4 Å². The molecule has 2 bridgehead atoms. The van der Waals surface area contributed by atoms with Gasteiger partial charge in [-0.1, -0.05) is 30.7 Å². The Hall–Kier alpha value is -1.06. The van der Waals surface area contributed by atoms with Crippen LogP contribution in [0, 0.1) is 5.92 Å². The second kappa shape index (κ2) is 5.74. The van der Waals surface area contributed by atoms with Crippen LogP contribution in [-0.2, 0) is 4.79 Å².